The van der Waals surface area contributed by atoms with Gasteiger partial charge >= 0.3 is 134 Å². The Bertz CT molecular complexity index is 24.1. The van der Waals surface area contributed by atoms with E-state index >= 15 is 0 Å². The van der Waals surface area contributed by atoms with Crippen molar-refractivity contribution in [1.82, 2.24) is 0 Å². The molecule has 0 aromatic heterocycles. The van der Waals surface area contributed by atoms with Gasteiger partial charge in [-0.25, -0.2) is 0 Å². The summed E-state index contributed by atoms with van der Waals surface area (Å²) in [6.45, 7) is 0. The standard InChI is InChI=1S/2Cu.2In.9O.2Sn/q2*+2;2*+3;9*-2;2*+4. The molecule has 9 nitrogen and oxygen atoms in total. The third kappa shape index (κ3) is 286. The van der Waals surface area contributed by atoms with Gasteiger partial charge in [-0.3, -0.25) is 0 Å². The van der Waals surface area contributed by atoms with E-state index in [1.165, 1.54) is 0 Å². The van der Waals surface area contributed by atoms with Crippen molar-refractivity contribution in [2.24, 2.45) is 0 Å². The Morgan fingerprint density at radius 2 is 0.267 bits per heavy atom. The molecule has 2 radical (unpaired) electrons. The summed E-state index contributed by atoms with van der Waals surface area (Å²) in [4.78, 5) is 0. The van der Waals surface area contributed by atoms with Gasteiger partial charge in [-0.05, 0) is 0 Å². The smallest absolute Gasteiger partial charge is 2.00 e. The van der Waals surface area contributed by atoms with Crippen molar-refractivity contribution >= 4 is 99.5 Å². The van der Waals surface area contributed by atoms with Gasteiger partial charge in [0, 0.05) is 0 Å². The normalized spacial score (nSPS) is 0. The van der Waals surface area contributed by atoms with E-state index in [1.54, 1.807) is 0 Å². The van der Waals surface area contributed by atoms with E-state index in [-0.39, 0.29) is 183 Å². The summed E-state index contributed by atoms with van der Waals surface area (Å²) >= 11 is 0. The Morgan fingerprint density at radius 3 is 0.267 bits per heavy atom. The molecule has 0 atom stereocenters. The molecule has 0 aromatic rings. The Labute approximate surface area is 180 Å². The maximum Gasteiger partial charge on any atom is 4.00 e. The van der Waals surface area contributed by atoms with Crippen LogP contribution in [0.3, 0.4) is 0 Å². The molecule has 0 saturated heterocycles. The van der Waals surface area contributed by atoms with Crippen LogP contribution in [0.2, 0.25) is 0 Å². The molecule has 0 unspecified atom stereocenters. The monoisotopic (exact) mass is 739 g/mol. The summed E-state index contributed by atoms with van der Waals surface area (Å²) in [5.74, 6) is 0. The first-order chi connectivity index (χ1) is 0. The fourth-order valence-corrected chi connectivity index (χ4v) is 0. The van der Waals surface area contributed by atoms with Gasteiger partial charge in [-0.15, -0.1) is 0 Å². The molecule has 0 bridgehead atoms. The Hall–Kier alpha value is 4.02. The minimum atomic E-state index is 0. The first-order valence-electron chi connectivity index (χ1n) is 0. The molecule has 0 aromatic carbocycles. The van der Waals surface area contributed by atoms with Crippen molar-refractivity contribution in [2.45, 2.75) is 0 Å². The predicted molar refractivity (Wildman–Crippen MR) is 29.2 cm³/mol. The molecule has 0 spiro atoms. The second kappa shape index (κ2) is 323. The topological polar surface area (TPSA) is 256 Å². The van der Waals surface area contributed by atoms with Gasteiger partial charge < -0.3 is 49.3 Å². The van der Waals surface area contributed by atoms with Gasteiger partial charge in [0.05, 0.1) is 0 Å². The first kappa shape index (κ1) is 383. The Morgan fingerprint density at radius 1 is 0.267 bits per heavy atom. The van der Waals surface area contributed by atoms with Crippen molar-refractivity contribution in [3.05, 3.63) is 0 Å². The van der Waals surface area contributed by atoms with Gasteiger partial charge in [-0.1, -0.05) is 0 Å². The SMILES string of the molecule is [Cu+2].[Cu+2].[In+3].[In+3].[O-2].[O-2].[O-2].[O-2].[O-2].[O-2].[O-2].[O-2].[O-2].[Sn+4].[Sn+4]. The Balaban J connectivity index is 0. The quantitative estimate of drug-likeness (QED) is 0.232. The van der Waals surface area contributed by atoms with Crippen LogP contribution in [-0.4, -0.2) is 99.5 Å². The summed E-state index contributed by atoms with van der Waals surface area (Å²) in [5.41, 5.74) is 0. The van der Waals surface area contributed by atoms with Crippen molar-refractivity contribution in [2.75, 3.05) is 0 Å². The summed E-state index contributed by atoms with van der Waals surface area (Å²) in [7, 11) is 0. The maximum absolute atomic E-state index is 0. The summed E-state index contributed by atoms with van der Waals surface area (Å²) in [6.07, 6.45) is 0. The fraction of sp³-hybridized carbons (Fsp3) is 0. The zero-order chi connectivity index (χ0) is 0. The molecule has 15 heavy (non-hydrogen) atoms. The number of hydrogen-bond acceptors (Lipinski definition) is 0. The van der Waals surface area contributed by atoms with Crippen LogP contribution >= 0.6 is 0 Å². The van der Waals surface area contributed by atoms with E-state index in [1.807, 2.05) is 0 Å². The molecular weight excluding hydrogens is 738 g/mol. The van der Waals surface area contributed by atoms with E-state index in [0.717, 1.165) is 0 Å². The summed E-state index contributed by atoms with van der Waals surface area (Å²) < 4.78 is 0. The van der Waals surface area contributed by atoms with E-state index in [4.69, 9.17) is 0 Å². The molecule has 0 fully saturated rings. The average molecular weight is 738 g/mol. The van der Waals surface area contributed by atoms with Crippen LogP contribution in [0, 0.1) is 0 Å². The molecule has 0 heterocycles. The molecule has 0 aliphatic heterocycles. The van der Waals surface area contributed by atoms with Crippen molar-refractivity contribution in [3.8, 4) is 0 Å². The number of rotatable bonds is 0. The summed E-state index contributed by atoms with van der Waals surface area (Å²) in [6, 6.07) is 0. The maximum atomic E-state index is 0. The zero-order valence-corrected chi connectivity index (χ0v) is 20.6. The van der Waals surface area contributed by atoms with Gasteiger partial charge in [0.2, 0.25) is 0 Å². The molecule has 0 amide bonds. The molecule has 90 valence electrons. The van der Waals surface area contributed by atoms with Crippen LogP contribution < -0.4 is 0 Å². The molecule has 15 heteroatoms. The second-order valence-electron chi connectivity index (χ2n) is 0. The molecule has 0 aliphatic carbocycles. The van der Waals surface area contributed by atoms with Gasteiger partial charge in [0.25, 0.3) is 0 Å². The summed E-state index contributed by atoms with van der Waals surface area (Å²) in [5, 5.41) is 0. The van der Waals surface area contributed by atoms with Crippen molar-refractivity contribution in [3.63, 3.8) is 0 Å². The molecule has 0 aliphatic rings. The van der Waals surface area contributed by atoms with Gasteiger partial charge in [-0.2, -0.15) is 0 Å². The van der Waals surface area contributed by atoms with Crippen LogP contribution in [0.5, 0.6) is 0 Å². The largest absolute Gasteiger partial charge is 4.00 e. The van der Waals surface area contributed by atoms with Crippen LogP contribution in [0.15, 0.2) is 0 Å². The second-order valence-corrected chi connectivity index (χ2v) is 0. The van der Waals surface area contributed by atoms with E-state index in [0.29, 0.717) is 0 Å². The van der Waals surface area contributed by atoms with E-state index in [2.05, 4.69) is 0 Å². The van der Waals surface area contributed by atoms with E-state index < -0.39 is 0 Å². The van der Waals surface area contributed by atoms with Crippen molar-refractivity contribution < 1.29 is 83.4 Å². The first-order valence-corrected chi connectivity index (χ1v) is 0. The Kier molecular flexibility index (Phi) is 8250. The van der Waals surface area contributed by atoms with Gasteiger partial charge in [0.1, 0.15) is 0 Å². The number of hydrogen-bond donors (Lipinski definition) is 0. The van der Waals surface area contributed by atoms with E-state index in [9.17, 15) is 0 Å². The average Bonchev–Trinajstić information content (AvgIpc) is 0. The van der Waals surface area contributed by atoms with Crippen LogP contribution in [-0.2, 0) is 83.4 Å². The van der Waals surface area contributed by atoms with Crippen molar-refractivity contribution in [1.29, 1.82) is 0 Å². The minimum Gasteiger partial charge on any atom is -2.00 e. The molecule has 0 saturated carbocycles. The zero-order valence-electron chi connectivity index (χ0n) is 6.43. The van der Waals surface area contributed by atoms with Crippen LogP contribution in [0.1, 0.15) is 0 Å². The molecular formula is Cu2In2O9Sn2. The minimum absolute atomic E-state index is 0. The molecule has 0 N–H and O–H groups in total. The molecule has 0 rings (SSSR count). The fourth-order valence-electron chi connectivity index (χ4n) is 0. The third-order valence-electron chi connectivity index (χ3n) is 0. The van der Waals surface area contributed by atoms with Gasteiger partial charge in [0.15, 0.2) is 0 Å². The third-order valence-corrected chi connectivity index (χ3v) is 0. The predicted octanol–water partition coefficient (Wildman–Crippen LogP) is -2.60. The van der Waals surface area contributed by atoms with Crippen LogP contribution in [0.25, 0.3) is 0 Å². The van der Waals surface area contributed by atoms with Crippen LogP contribution in [0.4, 0.5) is 0 Å².